The molecule has 1 N–H and O–H groups in total. The standard InChI is InChI=1S/C15H20N2O3S2/c1-2-11-5-3-4-8-17(11)22(19,20)12-6-7-14-13(9-12)16-15(18)10-21-14/h6-7,9,11H,2-5,8,10H2,1H3,(H,16,18)/t11-/m0/s1. The summed E-state index contributed by atoms with van der Waals surface area (Å²) < 4.78 is 27.5. The van der Waals surface area contributed by atoms with Crippen LogP contribution in [0.1, 0.15) is 32.6 Å². The summed E-state index contributed by atoms with van der Waals surface area (Å²) in [6, 6.07) is 5.12. The van der Waals surface area contributed by atoms with E-state index in [1.165, 1.54) is 11.8 Å². The van der Waals surface area contributed by atoms with Gasteiger partial charge in [0.05, 0.1) is 16.3 Å². The SMILES string of the molecule is CC[C@H]1CCCCN1S(=O)(=O)c1ccc2c(c1)NC(=O)CS2. The van der Waals surface area contributed by atoms with Crippen LogP contribution in [0, 0.1) is 0 Å². The fourth-order valence-corrected chi connectivity index (χ4v) is 5.64. The van der Waals surface area contributed by atoms with Gasteiger partial charge in [0.15, 0.2) is 0 Å². The Kier molecular flexibility index (Phi) is 4.47. The van der Waals surface area contributed by atoms with Crippen LogP contribution in [0.5, 0.6) is 0 Å². The van der Waals surface area contributed by atoms with Gasteiger partial charge in [-0.1, -0.05) is 13.3 Å². The number of sulfonamides is 1. The van der Waals surface area contributed by atoms with Gasteiger partial charge in [-0.05, 0) is 37.5 Å². The second kappa shape index (κ2) is 6.22. The first-order chi connectivity index (χ1) is 10.5. The molecule has 0 radical (unpaired) electrons. The monoisotopic (exact) mass is 340 g/mol. The molecule has 0 saturated carbocycles. The second-order valence-electron chi connectivity index (χ2n) is 5.67. The molecule has 3 rings (SSSR count). The number of piperidine rings is 1. The predicted molar refractivity (Wildman–Crippen MR) is 87.6 cm³/mol. The Morgan fingerprint density at radius 2 is 2.18 bits per heavy atom. The normalized spacial score (nSPS) is 23.0. The molecule has 1 atom stereocenters. The second-order valence-corrected chi connectivity index (χ2v) is 8.58. The van der Waals surface area contributed by atoms with Crippen molar-refractivity contribution >= 4 is 33.4 Å². The number of fused-ring (bicyclic) bond motifs is 1. The van der Waals surface area contributed by atoms with Crippen LogP contribution >= 0.6 is 11.8 Å². The van der Waals surface area contributed by atoms with E-state index < -0.39 is 10.0 Å². The van der Waals surface area contributed by atoms with Gasteiger partial charge in [0.25, 0.3) is 0 Å². The number of nitrogens with one attached hydrogen (secondary N) is 1. The fraction of sp³-hybridized carbons (Fsp3) is 0.533. The van der Waals surface area contributed by atoms with Gasteiger partial charge >= 0.3 is 0 Å². The van der Waals surface area contributed by atoms with Crippen LogP contribution in [0.4, 0.5) is 5.69 Å². The van der Waals surface area contributed by atoms with E-state index >= 15 is 0 Å². The topological polar surface area (TPSA) is 66.5 Å². The third kappa shape index (κ3) is 2.89. The third-order valence-electron chi connectivity index (χ3n) is 4.23. The van der Waals surface area contributed by atoms with E-state index in [1.807, 2.05) is 6.92 Å². The van der Waals surface area contributed by atoms with Crippen molar-refractivity contribution in [3.63, 3.8) is 0 Å². The first-order valence-electron chi connectivity index (χ1n) is 7.61. The molecule has 0 spiro atoms. The van der Waals surface area contributed by atoms with E-state index in [-0.39, 0.29) is 16.8 Å². The van der Waals surface area contributed by atoms with Gasteiger partial charge in [-0.2, -0.15) is 4.31 Å². The zero-order valence-electron chi connectivity index (χ0n) is 12.5. The number of nitrogens with zero attached hydrogens (tertiary/aromatic N) is 1. The maximum absolute atomic E-state index is 12.9. The highest BCUT2D eigenvalue weighted by Gasteiger charge is 2.33. The van der Waals surface area contributed by atoms with Crippen LogP contribution < -0.4 is 5.32 Å². The fourth-order valence-electron chi connectivity index (χ4n) is 3.06. The number of hydrogen-bond acceptors (Lipinski definition) is 4. The van der Waals surface area contributed by atoms with Crippen molar-refractivity contribution in [3.8, 4) is 0 Å². The third-order valence-corrected chi connectivity index (χ3v) is 7.26. The Labute approximate surface area is 135 Å². The highest BCUT2D eigenvalue weighted by atomic mass is 32.2. The first-order valence-corrected chi connectivity index (χ1v) is 10.0. The van der Waals surface area contributed by atoms with Crippen molar-refractivity contribution in [2.45, 2.75) is 48.4 Å². The minimum Gasteiger partial charge on any atom is -0.324 e. The first kappa shape index (κ1) is 15.8. The van der Waals surface area contributed by atoms with Crippen LogP contribution in [0.3, 0.4) is 0 Å². The van der Waals surface area contributed by atoms with Crippen LogP contribution in [0.2, 0.25) is 0 Å². The molecule has 0 aliphatic carbocycles. The van der Waals surface area contributed by atoms with E-state index in [0.29, 0.717) is 18.0 Å². The lowest BCUT2D eigenvalue weighted by atomic mass is 10.0. The Balaban J connectivity index is 1.95. The van der Waals surface area contributed by atoms with Gasteiger partial charge in [-0.15, -0.1) is 11.8 Å². The number of benzene rings is 1. The minimum atomic E-state index is -3.50. The lowest BCUT2D eigenvalue weighted by Gasteiger charge is -2.34. The van der Waals surface area contributed by atoms with Gasteiger partial charge in [0.2, 0.25) is 15.9 Å². The quantitative estimate of drug-likeness (QED) is 0.919. The highest BCUT2D eigenvalue weighted by molar-refractivity contribution is 8.00. The minimum absolute atomic E-state index is 0.0822. The molecule has 1 saturated heterocycles. The number of amides is 1. The van der Waals surface area contributed by atoms with Crippen LogP contribution in [-0.2, 0) is 14.8 Å². The summed E-state index contributed by atoms with van der Waals surface area (Å²) in [7, 11) is -3.50. The highest BCUT2D eigenvalue weighted by Crippen LogP contribution is 2.35. The molecule has 5 nitrogen and oxygen atoms in total. The van der Waals surface area contributed by atoms with Crippen molar-refractivity contribution < 1.29 is 13.2 Å². The molecule has 1 fully saturated rings. The van der Waals surface area contributed by atoms with Crippen molar-refractivity contribution in [2.75, 3.05) is 17.6 Å². The molecule has 22 heavy (non-hydrogen) atoms. The number of thioether (sulfide) groups is 1. The molecule has 7 heteroatoms. The summed E-state index contributed by atoms with van der Waals surface area (Å²) in [4.78, 5) is 12.7. The van der Waals surface area contributed by atoms with Crippen molar-refractivity contribution in [3.05, 3.63) is 18.2 Å². The smallest absolute Gasteiger partial charge is 0.243 e. The maximum Gasteiger partial charge on any atom is 0.243 e. The summed E-state index contributed by atoms with van der Waals surface area (Å²) in [5.41, 5.74) is 0.604. The van der Waals surface area contributed by atoms with E-state index in [9.17, 15) is 13.2 Å². The molecule has 1 aromatic rings. The molecule has 0 aromatic heterocycles. The number of anilines is 1. The molecular formula is C15H20N2O3S2. The zero-order chi connectivity index (χ0) is 15.7. The van der Waals surface area contributed by atoms with Gasteiger partial charge in [0.1, 0.15) is 0 Å². The Bertz CT molecular complexity index is 688. The average Bonchev–Trinajstić information content (AvgIpc) is 2.54. The molecule has 2 heterocycles. The molecule has 1 aromatic carbocycles. The van der Waals surface area contributed by atoms with E-state index in [4.69, 9.17) is 0 Å². The van der Waals surface area contributed by atoms with E-state index in [1.54, 1.807) is 22.5 Å². The largest absolute Gasteiger partial charge is 0.324 e. The molecule has 120 valence electrons. The number of hydrogen-bond donors (Lipinski definition) is 1. The van der Waals surface area contributed by atoms with Gasteiger partial charge < -0.3 is 5.32 Å². The molecule has 0 unspecified atom stereocenters. The van der Waals surface area contributed by atoms with Gasteiger partial charge in [-0.3, -0.25) is 4.79 Å². The predicted octanol–water partition coefficient (Wildman–Crippen LogP) is 2.68. The molecule has 1 amide bonds. The summed E-state index contributed by atoms with van der Waals surface area (Å²) in [5.74, 6) is 0.291. The molecule has 0 bridgehead atoms. The van der Waals surface area contributed by atoms with Gasteiger partial charge in [-0.25, -0.2) is 8.42 Å². The maximum atomic E-state index is 12.9. The van der Waals surface area contributed by atoms with Crippen molar-refractivity contribution in [1.29, 1.82) is 0 Å². The Hall–Kier alpha value is -1.05. The lowest BCUT2D eigenvalue weighted by Crippen LogP contribution is -2.43. The molecule has 2 aliphatic heterocycles. The Morgan fingerprint density at radius 1 is 1.36 bits per heavy atom. The van der Waals surface area contributed by atoms with Crippen LogP contribution in [0.25, 0.3) is 0 Å². The summed E-state index contributed by atoms with van der Waals surface area (Å²) in [5, 5.41) is 2.76. The van der Waals surface area contributed by atoms with E-state index in [2.05, 4.69) is 5.32 Å². The number of rotatable bonds is 3. The van der Waals surface area contributed by atoms with Crippen molar-refractivity contribution in [1.82, 2.24) is 4.31 Å². The van der Waals surface area contributed by atoms with Gasteiger partial charge in [0, 0.05) is 17.5 Å². The summed E-state index contributed by atoms with van der Waals surface area (Å²) >= 11 is 1.44. The average molecular weight is 340 g/mol. The van der Waals surface area contributed by atoms with Crippen LogP contribution in [0.15, 0.2) is 28.0 Å². The molecular weight excluding hydrogens is 320 g/mol. The van der Waals surface area contributed by atoms with Crippen LogP contribution in [-0.4, -0.2) is 37.0 Å². The zero-order valence-corrected chi connectivity index (χ0v) is 14.2. The summed E-state index contributed by atoms with van der Waals surface area (Å²) in [6.45, 7) is 2.61. The van der Waals surface area contributed by atoms with Crippen molar-refractivity contribution in [2.24, 2.45) is 0 Å². The number of carbonyl (C=O) groups is 1. The number of carbonyl (C=O) groups excluding carboxylic acids is 1. The lowest BCUT2D eigenvalue weighted by molar-refractivity contribution is -0.113. The molecule has 2 aliphatic rings. The Morgan fingerprint density at radius 3 is 2.95 bits per heavy atom. The summed E-state index contributed by atoms with van der Waals surface area (Å²) in [6.07, 6.45) is 3.75. The van der Waals surface area contributed by atoms with E-state index in [0.717, 1.165) is 30.6 Å².